The molecular formula is C14H21N3O3. The van der Waals surface area contributed by atoms with Crippen LogP contribution in [0, 0.1) is 0 Å². The van der Waals surface area contributed by atoms with E-state index in [-0.39, 0.29) is 11.6 Å². The van der Waals surface area contributed by atoms with Crippen LogP contribution in [0.15, 0.2) is 18.9 Å². The van der Waals surface area contributed by atoms with Crippen LogP contribution in [-0.2, 0) is 4.74 Å². The first-order valence-corrected chi connectivity index (χ1v) is 6.46. The minimum Gasteiger partial charge on any atom is -0.476 e. The third kappa shape index (κ3) is 4.03. The standard InChI is InChI=1S/C14H21N3O3/c1-5-6-17(7-8-20-4)11-9-15-13(10(2)3)16-12(11)14(18)19/h5,9-10H,1,6-8H2,2-4H3,(H,18,19). The van der Waals surface area contributed by atoms with Crippen molar-refractivity contribution in [2.24, 2.45) is 0 Å². The third-order valence-electron chi connectivity index (χ3n) is 2.76. The van der Waals surface area contributed by atoms with Crippen LogP contribution in [0.4, 0.5) is 5.69 Å². The van der Waals surface area contributed by atoms with Crippen LogP contribution < -0.4 is 4.90 Å². The Bertz CT molecular complexity index is 475. The summed E-state index contributed by atoms with van der Waals surface area (Å²) in [4.78, 5) is 21.6. The molecule has 6 nitrogen and oxygen atoms in total. The molecule has 0 saturated carbocycles. The highest BCUT2D eigenvalue weighted by molar-refractivity contribution is 5.92. The highest BCUT2D eigenvalue weighted by Gasteiger charge is 2.19. The first kappa shape index (κ1) is 16.1. The fourth-order valence-electron chi connectivity index (χ4n) is 1.72. The number of aromatic carboxylic acids is 1. The summed E-state index contributed by atoms with van der Waals surface area (Å²) in [7, 11) is 1.60. The maximum absolute atomic E-state index is 11.4. The van der Waals surface area contributed by atoms with E-state index in [9.17, 15) is 9.90 Å². The number of methoxy groups -OCH3 is 1. The third-order valence-corrected chi connectivity index (χ3v) is 2.76. The fourth-order valence-corrected chi connectivity index (χ4v) is 1.72. The van der Waals surface area contributed by atoms with Crippen molar-refractivity contribution in [1.82, 2.24) is 9.97 Å². The normalized spacial score (nSPS) is 10.6. The maximum atomic E-state index is 11.4. The Labute approximate surface area is 119 Å². The molecular weight excluding hydrogens is 258 g/mol. The highest BCUT2D eigenvalue weighted by atomic mass is 16.5. The fraction of sp³-hybridized carbons (Fsp3) is 0.500. The summed E-state index contributed by atoms with van der Waals surface area (Å²) in [5.41, 5.74) is 0.500. The van der Waals surface area contributed by atoms with Gasteiger partial charge >= 0.3 is 5.97 Å². The smallest absolute Gasteiger partial charge is 0.356 e. The molecule has 1 aromatic heterocycles. The Morgan fingerprint density at radius 1 is 1.60 bits per heavy atom. The van der Waals surface area contributed by atoms with Crippen molar-refractivity contribution in [2.75, 3.05) is 31.7 Å². The number of rotatable bonds is 8. The van der Waals surface area contributed by atoms with Crippen molar-refractivity contribution >= 4 is 11.7 Å². The van der Waals surface area contributed by atoms with E-state index in [0.717, 1.165) is 0 Å². The zero-order chi connectivity index (χ0) is 15.1. The molecule has 110 valence electrons. The molecule has 0 aromatic carbocycles. The second-order valence-corrected chi connectivity index (χ2v) is 4.65. The van der Waals surface area contributed by atoms with Gasteiger partial charge in [0.2, 0.25) is 0 Å². The topological polar surface area (TPSA) is 75.5 Å². The number of hydrogen-bond acceptors (Lipinski definition) is 5. The van der Waals surface area contributed by atoms with Gasteiger partial charge in [-0.2, -0.15) is 0 Å². The van der Waals surface area contributed by atoms with Crippen LogP contribution in [0.1, 0.15) is 36.1 Å². The van der Waals surface area contributed by atoms with Crippen LogP contribution >= 0.6 is 0 Å². The molecule has 0 saturated heterocycles. The summed E-state index contributed by atoms with van der Waals surface area (Å²) in [5.74, 6) is -0.457. The monoisotopic (exact) mass is 279 g/mol. The molecule has 0 atom stereocenters. The van der Waals surface area contributed by atoms with E-state index in [1.165, 1.54) is 0 Å². The van der Waals surface area contributed by atoms with Crippen molar-refractivity contribution in [3.8, 4) is 0 Å². The van der Waals surface area contributed by atoms with Gasteiger partial charge in [0, 0.05) is 26.1 Å². The summed E-state index contributed by atoms with van der Waals surface area (Å²) < 4.78 is 5.04. The lowest BCUT2D eigenvalue weighted by molar-refractivity contribution is 0.0690. The second kappa shape index (κ2) is 7.59. The molecule has 1 heterocycles. The van der Waals surface area contributed by atoms with E-state index in [0.29, 0.717) is 31.2 Å². The number of carboxylic acid groups (broad SMARTS) is 1. The van der Waals surface area contributed by atoms with Gasteiger partial charge in [-0.25, -0.2) is 14.8 Å². The molecule has 0 fully saturated rings. The number of anilines is 1. The zero-order valence-electron chi connectivity index (χ0n) is 12.2. The zero-order valence-corrected chi connectivity index (χ0v) is 12.2. The van der Waals surface area contributed by atoms with Gasteiger partial charge in [0.15, 0.2) is 5.69 Å². The molecule has 1 rings (SSSR count). The quantitative estimate of drug-likeness (QED) is 0.733. The van der Waals surface area contributed by atoms with Gasteiger partial charge in [0.25, 0.3) is 0 Å². The van der Waals surface area contributed by atoms with Gasteiger partial charge in [0.1, 0.15) is 5.82 Å². The molecule has 1 aromatic rings. The Morgan fingerprint density at radius 3 is 2.80 bits per heavy atom. The van der Waals surface area contributed by atoms with Crippen molar-refractivity contribution < 1.29 is 14.6 Å². The van der Waals surface area contributed by atoms with E-state index in [4.69, 9.17) is 4.74 Å². The minimum absolute atomic E-state index is 0.0154. The van der Waals surface area contributed by atoms with E-state index < -0.39 is 5.97 Å². The maximum Gasteiger partial charge on any atom is 0.356 e. The van der Waals surface area contributed by atoms with Gasteiger partial charge in [-0.05, 0) is 0 Å². The Balaban J connectivity index is 3.18. The molecule has 0 aliphatic heterocycles. The molecule has 0 aliphatic rings. The molecule has 0 spiro atoms. The van der Waals surface area contributed by atoms with Crippen LogP contribution in [-0.4, -0.2) is 47.8 Å². The van der Waals surface area contributed by atoms with Crippen molar-refractivity contribution in [3.05, 3.63) is 30.4 Å². The second-order valence-electron chi connectivity index (χ2n) is 4.65. The van der Waals surface area contributed by atoms with Crippen LogP contribution in [0.5, 0.6) is 0 Å². The Kier molecular flexibility index (Phi) is 6.11. The lowest BCUT2D eigenvalue weighted by atomic mass is 10.2. The van der Waals surface area contributed by atoms with Crippen LogP contribution in [0.25, 0.3) is 0 Å². The van der Waals surface area contributed by atoms with Gasteiger partial charge in [-0.1, -0.05) is 19.9 Å². The molecule has 0 amide bonds. The molecule has 0 aliphatic carbocycles. The van der Waals surface area contributed by atoms with E-state index in [1.54, 1.807) is 19.4 Å². The highest BCUT2D eigenvalue weighted by Crippen LogP contribution is 2.20. The lowest BCUT2D eigenvalue weighted by Crippen LogP contribution is -2.30. The van der Waals surface area contributed by atoms with Gasteiger partial charge in [-0.3, -0.25) is 0 Å². The summed E-state index contributed by atoms with van der Waals surface area (Å²) in [6, 6.07) is 0. The first-order valence-electron chi connectivity index (χ1n) is 6.46. The molecule has 0 bridgehead atoms. The van der Waals surface area contributed by atoms with E-state index in [2.05, 4.69) is 16.5 Å². The molecule has 20 heavy (non-hydrogen) atoms. The van der Waals surface area contributed by atoms with E-state index in [1.807, 2.05) is 18.7 Å². The molecule has 0 radical (unpaired) electrons. The Hall–Kier alpha value is -1.95. The number of aromatic nitrogens is 2. The van der Waals surface area contributed by atoms with Crippen LogP contribution in [0.3, 0.4) is 0 Å². The average Bonchev–Trinajstić information content (AvgIpc) is 2.42. The summed E-state index contributed by atoms with van der Waals surface area (Å²) in [5, 5.41) is 9.34. The first-order chi connectivity index (χ1) is 9.51. The summed E-state index contributed by atoms with van der Waals surface area (Å²) in [6.07, 6.45) is 3.27. The predicted octanol–water partition coefficient (Wildman–Crippen LogP) is 1.94. The van der Waals surface area contributed by atoms with Crippen molar-refractivity contribution in [2.45, 2.75) is 19.8 Å². The number of carbonyl (C=O) groups is 1. The summed E-state index contributed by atoms with van der Waals surface area (Å²) >= 11 is 0. The number of carboxylic acids is 1. The summed E-state index contributed by atoms with van der Waals surface area (Å²) in [6.45, 7) is 9.07. The van der Waals surface area contributed by atoms with E-state index >= 15 is 0 Å². The lowest BCUT2D eigenvalue weighted by Gasteiger charge is -2.24. The molecule has 6 heteroatoms. The van der Waals surface area contributed by atoms with Crippen molar-refractivity contribution in [3.63, 3.8) is 0 Å². The largest absolute Gasteiger partial charge is 0.476 e. The molecule has 0 unspecified atom stereocenters. The van der Waals surface area contributed by atoms with Crippen molar-refractivity contribution in [1.29, 1.82) is 0 Å². The van der Waals surface area contributed by atoms with Gasteiger partial charge < -0.3 is 14.7 Å². The number of hydrogen-bond donors (Lipinski definition) is 1. The minimum atomic E-state index is -1.06. The number of ether oxygens (including phenoxy) is 1. The molecule has 1 N–H and O–H groups in total. The van der Waals surface area contributed by atoms with Gasteiger partial charge in [-0.15, -0.1) is 6.58 Å². The SMILES string of the molecule is C=CCN(CCOC)c1cnc(C(C)C)nc1C(=O)O. The van der Waals surface area contributed by atoms with Gasteiger partial charge in [0.05, 0.1) is 18.5 Å². The predicted molar refractivity (Wildman–Crippen MR) is 77.4 cm³/mol. The van der Waals surface area contributed by atoms with Crippen LogP contribution in [0.2, 0.25) is 0 Å². The number of nitrogens with zero attached hydrogens (tertiary/aromatic N) is 3. The average molecular weight is 279 g/mol. The Morgan fingerprint density at radius 2 is 2.30 bits per heavy atom.